The van der Waals surface area contributed by atoms with Crippen LogP contribution in [0.2, 0.25) is 5.15 Å². The van der Waals surface area contributed by atoms with Crippen molar-refractivity contribution < 1.29 is 9.90 Å². The Kier molecular flexibility index (Phi) is 3.64. The Morgan fingerprint density at radius 3 is 2.88 bits per heavy atom. The highest BCUT2D eigenvalue weighted by molar-refractivity contribution is 6.29. The lowest BCUT2D eigenvalue weighted by atomic mass is 10.0. The molecule has 0 radical (unpaired) electrons. The van der Waals surface area contributed by atoms with Gasteiger partial charge in [-0.2, -0.15) is 0 Å². The van der Waals surface area contributed by atoms with Crippen LogP contribution in [0.15, 0.2) is 18.2 Å². The van der Waals surface area contributed by atoms with Gasteiger partial charge in [0.2, 0.25) is 0 Å². The highest BCUT2D eigenvalue weighted by Gasteiger charge is 2.41. The molecule has 0 saturated heterocycles. The average molecular weight is 255 g/mol. The van der Waals surface area contributed by atoms with Crippen LogP contribution in [0, 0.1) is 5.41 Å². The molecule has 5 heteroatoms. The van der Waals surface area contributed by atoms with Gasteiger partial charge in [-0.3, -0.25) is 4.79 Å². The first-order chi connectivity index (χ1) is 8.15. The molecule has 1 fully saturated rings. The number of nitrogens with zero attached hydrogens (tertiary/aromatic N) is 1. The van der Waals surface area contributed by atoms with Crippen molar-refractivity contribution in [2.45, 2.75) is 19.3 Å². The quantitative estimate of drug-likeness (QED) is 0.785. The van der Waals surface area contributed by atoms with Crippen LogP contribution >= 0.6 is 11.6 Å². The van der Waals surface area contributed by atoms with E-state index in [1.807, 2.05) is 0 Å². The van der Waals surface area contributed by atoms with Gasteiger partial charge in [0.15, 0.2) is 0 Å². The molecule has 1 heterocycles. The zero-order valence-corrected chi connectivity index (χ0v) is 10.2. The summed E-state index contributed by atoms with van der Waals surface area (Å²) in [4.78, 5) is 15.7. The highest BCUT2D eigenvalue weighted by atomic mass is 35.5. The van der Waals surface area contributed by atoms with Crippen LogP contribution < -0.4 is 5.32 Å². The van der Waals surface area contributed by atoms with Gasteiger partial charge in [0.05, 0.1) is 0 Å². The summed E-state index contributed by atoms with van der Waals surface area (Å²) in [5.74, 6) is -0.211. The van der Waals surface area contributed by atoms with Gasteiger partial charge in [0, 0.05) is 13.2 Å². The van der Waals surface area contributed by atoms with Crippen LogP contribution in [0.25, 0.3) is 0 Å². The van der Waals surface area contributed by atoms with Crippen molar-refractivity contribution >= 4 is 17.5 Å². The number of amides is 1. The third kappa shape index (κ3) is 3.17. The van der Waals surface area contributed by atoms with E-state index in [9.17, 15) is 4.79 Å². The molecule has 0 aromatic carbocycles. The maximum Gasteiger partial charge on any atom is 0.269 e. The van der Waals surface area contributed by atoms with E-state index >= 15 is 0 Å². The fraction of sp³-hybridized carbons (Fsp3) is 0.500. The second-order valence-electron chi connectivity index (χ2n) is 4.50. The predicted molar refractivity (Wildman–Crippen MR) is 65.0 cm³/mol. The molecule has 0 atom stereocenters. The first kappa shape index (κ1) is 12.3. The standard InChI is InChI=1S/C12H15ClN2O2/c13-10-3-1-2-9(15-10)11(17)14-8-12(4-5-12)6-7-16/h1-3,16H,4-8H2,(H,14,17). The lowest BCUT2D eigenvalue weighted by molar-refractivity contribution is 0.0936. The molecule has 17 heavy (non-hydrogen) atoms. The Labute approximate surface area is 105 Å². The number of carbonyl (C=O) groups excluding carboxylic acids is 1. The Hall–Kier alpha value is -1.13. The number of aromatic nitrogens is 1. The maximum atomic E-state index is 11.8. The van der Waals surface area contributed by atoms with Crippen molar-refractivity contribution in [1.82, 2.24) is 10.3 Å². The van der Waals surface area contributed by atoms with Crippen molar-refractivity contribution in [3.05, 3.63) is 29.0 Å². The number of pyridine rings is 1. The number of hydrogen-bond acceptors (Lipinski definition) is 3. The van der Waals surface area contributed by atoms with Gasteiger partial charge in [-0.1, -0.05) is 17.7 Å². The van der Waals surface area contributed by atoms with E-state index in [1.54, 1.807) is 18.2 Å². The number of halogens is 1. The number of rotatable bonds is 5. The molecule has 0 spiro atoms. The second kappa shape index (κ2) is 5.02. The Bertz CT molecular complexity index is 419. The van der Waals surface area contributed by atoms with Crippen molar-refractivity contribution in [3.63, 3.8) is 0 Å². The molecule has 1 aliphatic rings. The molecule has 2 N–H and O–H groups in total. The molecular weight excluding hydrogens is 240 g/mol. The Morgan fingerprint density at radius 1 is 1.53 bits per heavy atom. The van der Waals surface area contributed by atoms with Crippen molar-refractivity contribution in [1.29, 1.82) is 0 Å². The minimum atomic E-state index is -0.211. The molecule has 0 aliphatic heterocycles. The van der Waals surface area contributed by atoms with Crippen LogP contribution in [-0.2, 0) is 0 Å². The highest BCUT2D eigenvalue weighted by Crippen LogP contribution is 2.47. The number of carbonyl (C=O) groups is 1. The molecule has 0 unspecified atom stereocenters. The van der Waals surface area contributed by atoms with Gasteiger partial charge in [-0.25, -0.2) is 4.98 Å². The van der Waals surface area contributed by atoms with Crippen LogP contribution in [-0.4, -0.2) is 29.1 Å². The summed E-state index contributed by atoms with van der Waals surface area (Å²) in [5, 5.41) is 12.1. The van der Waals surface area contributed by atoms with E-state index in [1.165, 1.54) is 0 Å². The molecular formula is C12H15ClN2O2. The number of aliphatic hydroxyl groups is 1. The summed E-state index contributed by atoms with van der Waals surface area (Å²) in [5.41, 5.74) is 0.445. The molecule has 92 valence electrons. The van der Waals surface area contributed by atoms with Gasteiger partial charge in [0.1, 0.15) is 10.8 Å². The summed E-state index contributed by atoms with van der Waals surface area (Å²) in [6.07, 6.45) is 2.88. The maximum absolute atomic E-state index is 11.8. The van der Waals surface area contributed by atoms with Crippen molar-refractivity contribution in [2.75, 3.05) is 13.2 Å². The molecule has 1 aromatic rings. The fourth-order valence-corrected chi connectivity index (χ4v) is 1.99. The summed E-state index contributed by atoms with van der Waals surface area (Å²) in [6, 6.07) is 4.96. The Morgan fingerprint density at radius 2 is 2.29 bits per heavy atom. The van der Waals surface area contributed by atoms with Crippen LogP contribution in [0.5, 0.6) is 0 Å². The largest absolute Gasteiger partial charge is 0.396 e. The SMILES string of the molecule is O=C(NCC1(CCO)CC1)c1cccc(Cl)n1. The van der Waals surface area contributed by atoms with Gasteiger partial charge >= 0.3 is 0 Å². The molecule has 1 amide bonds. The normalized spacial score (nSPS) is 16.6. The topological polar surface area (TPSA) is 62.2 Å². The van der Waals surface area contributed by atoms with Gasteiger partial charge in [-0.15, -0.1) is 0 Å². The minimum absolute atomic E-state index is 0.114. The molecule has 0 bridgehead atoms. The van der Waals surface area contributed by atoms with E-state index in [4.69, 9.17) is 16.7 Å². The molecule has 4 nitrogen and oxygen atoms in total. The third-order valence-electron chi connectivity index (χ3n) is 3.17. The third-order valence-corrected chi connectivity index (χ3v) is 3.38. The first-order valence-corrected chi connectivity index (χ1v) is 6.05. The monoisotopic (exact) mass is 254 g/mol. The molecule has 1 aliphatic carbocycles. The molecule has 1 saturated carbocycles. The average Bonchev–Trinajstić information content (AvgIpc) is 3.07. The Balaban J connectivity index is 1.90. The first-order valence-electron chi connectivity index (χ1n) is 5.67. The van der Waals surface area contributed by atoms with Gasteiger partial charge in [0.25, 0.3) is 5.91 Å². The second-order valence-corrected chi connectivity index (χ2v) is 4.89. The number of aliphatic hydroxyl groups excluding tert-OH is 1. The van der Waals surface area contributed by atoms with Crippen molar-refractivity contribution in [3.8, 4) is 0 Å². The zero-order chi connectivity index (χ0) is 12.3. The van der Waals surface area contributed by atoms with Crippen molar-refractivity contribution in [2.24, 2.45) is 5.41 Å². The predicted octanol–water partition coefficient (Wildman–Crippen LogP) is 1.63. The van der Waals surface area contributed by atoms with Crippen LogP contribution in [0.1, 0.15) is 29.8 Å². The van der Waals surface area contributed by atoms with E-state index in [0.29, 0.717) is 17.4 Å². The van der Waals surface area contributed by atoms with E-state index in [0.717, 1.165) is 19.3 Å². The smallest absolute Gasteiger partial charge is 0.269 e. The lowest BCUT2D eigenvalue weighted by Gasteiger charge is -2.14. The number of hydrogen-bond donors (Lipinski definition) is 2. The summed E-state index contributed by atoms with van der Waals surface area (Å²) < 4.78 is 0. The zero-order valence-electron chi connectivity index (χ0n) is 9.45. The van der Waals surface area contributed by atoms with Crippen LogP contribution in [0.4, 0.5) is 0 Å². The summed E-state index contributed by atoms with van der Waals surface area (Å²) in [7, 11) is 0. The van der Waals surface area contributed by atoms with E-state index in [-0.39, 0.29) is 17.9 Å². The summed E-state index contributed by atoms with van der Waals surface area (Å²) >= 11 is 5.72. The number of nitrogens with one attached hydrogen (secondary N) is 1. The molecule has 1 aromatic heterocycles. The summed E-state index contributed by atoms with van der Waals surface area (Å²) in [6.45, 7) is 0.770. The van der Waals surface area contributed by atoms with E-state index in [2.05, 4.69) is 10.3 Å². The van der Waals surface area contributed by atoms with Crippen LogP contribution in [0.3, 0.4) is 0 Å². The molecule has 2 rings (SSSR count). The minimum Gasteiger partial charge on any atom is -0.396 e. The fourth-order valence-electron chi connectivity index (χ4n) is 1.82. The van der Waals surface area contributed by atoms with Gasteiger partial charge < -0.3 is 10.4 Å². The lowest BCUT2D eigenvalue weighted by Crippen LogP contribution is -2.31. The van der Waals surface area contributed by atoms with E-state index < -0.39 is 0 Å². The van der Waals surface area contributed by atoms with Gasteiger partial charge in [-0.05, 0) is 36.8 Å².